The summed E-state index contributed by atoms with van der Waals surface area (Å²) in [6.07, 6.45) is 1.91. The monoisotopic (exact) mass is 474 g/mol. The van der Waals surface area contributed by atoms with E-state index >= 15 is 0 Å². The summed E-state index contributed by atoms with van der Waals surface area (Å²) in [4.78, 5) is 13.0. The van der Waals surface area contributed by atoms with Gasteiger partial charge in [-0.15, -0.1) is 0 Å². The number of halogens is 1. The van der Waals surface area contributed by atoms with E-state index in [1.54, 1.807) is 0 Å². The van der Waals surface area contributed by atoms with E-state index in [4.69, 9.17) is 4.74 Å². The van der Waals surface area contributed by atoms with Crippen LogP contribution in [0.15, 0.2) is 81.9 Å². The Morgan fingerprint density at radius 1 is 0.968 bits per heavy atom. The molecule has 1 heterocycles. The summed E-state index contributed by atoms with van der Waals surface area (Å²) in [5.41, 5.74) is 6.20. The molecule has 3 aromatic rings. The van der Waals surface area contributed by atoms with Gasteiger partial charge in [0, 0.05) is 4.47 Å². The molecule has 0 spiro atoms. The maximum atomic E-state index is 13.0. The van der Waals surface area contributed by atoms with Crippen LogP contribution >= 0.6 is 15.9 Å². The maximum Gasteiger partial charge on any atom is 0.280 e. The SMILES string of the molecule is CC1=NN(c2ccccc2)C(=O)/C1=C/c1cc(C)c(OCc2ccc(Br)cc2)c(C)c1. The summed E-state index contributed by atoms with van der Waals surface area (Å²) in [5, 5.41) is 5.91. The molecule has 0 radical (unpaired) electrons. The van der Waals surface area contributed by atoms with E-state index in [2.05, 4.69) is 21.0 Å². The molecule has 4 nitrogen and oxygen atoms in total. The molecule has 0 N–H and O–H groups in total. The highest BCUT2D eigenvalue weighted by Gasteiger charge is 2.28. The molecule has 1 aliphatic heterocycles. The number of hydrazone groups is 1. The number of rotatable bonds is 5. The van der Waals surface area contributed by atoms with E-state index in [-0.39, 0.29) is 5.91 Å². The summed E-state index contributed by atoms with van der Waals surface area (Å²) in [6, 6.07) is 21.7. The van der Waals surface area contributed by atoms with Crippen molar-refractivity contribution in [2.45, 2.75) is 27.4 Å². The number of carbonyl (C=O) groups is 1. The fraction of sp³-hybridized carbons (Fsp3) is 0.154. The number of nitrogens with zero attached hydrogens (tertiary/aromatic N) is 2. The first-order chi connectivity index (χ1) is 14.9. The molecule has 5 heteroatoms. The second-order valence-corrected chi connectivity index (χ2v) is 8.51. The Bertz CT molecular complexity index is 1160. The van der Waals surface area contributed by atoms with Crippen LogP contribution in [0.4, 0.5) is 5.69 Å². The highest BCUT2D eigenvalue weighted by molar-refractivity contribution is 9.10. The van der Waals surface area contributed by atoms with Gasteiger partial charge in [-0.1, -0.05) is 46.3 Å². The Morgan fingerprint density at radius 2 is 1.61 bits per heavy atom. The minimum absolute atomic E-state index is 0.116. The lowest BCUT2D eigenvalue weighted by molar-refractivity contribution is -0.114. The highest BCUT2D eigenvalue weighted by Crippen LogP contribution is 2.29. The van der Waals surface area contributed by atoms with E-state index in [1.165, 1.54) is 5.01 Å². The molecule has 1 aliphatic rings. The van der Waals surface area contributed by atoms with E-state index in [1.807, 2.05) is 93.6 Å². The predicted octanol–water partition coefficient (Wildman–Crippen LogP) is 6.45. The first-order valence-electron chi connectivity index (χ1n) is 10.1. The van der Waals surface area contributed by atoms with Crippen molar-refractivity contribution in [3.8, 4) is 5.75 Å². The molecule has 0 fully saturated rings. The minimum atomic E-state index is -0.116. The molecule has 0 atom stereocenters. The molecule has 1 amide bonds. The van der Waals surface area contributed by atoms with E-state index in [0.29, 0.717) is 17.9 Å². The van der Waals surface area contributed by atoms with Crippen molar-refractivity contribution in [1.29, 1.82) is 0 Å². The zero-order valence-electron chi connectivity index (χ0n) is 17.7. The summed E-state index contributed by atoms with van der Waals surface area (Å²) < 4.78 is 7.15. The Morgan fingerprint density at radius 3 is 2.26 bits per heavy atom. The van der Waals surface area contributed by atoms with Gasteiger partial charge in [0.2, 0.25) is 0 Å². The van der Waals surface area contributed by atoms with Crippen LogP contribution in [0.3, 0.4) is 0 Å². The number of ether oxygens (including phenoxy) is 1. The van der Waals surface area contributed by atoms with Crippen LogP contribution < -0.4 is 9.75 Å². The molecule has 0 aliphatic carbocycles. The Kier molecular flexibility index (Phi) is 6.05. The number of amides is 1. The number of carbonyl (C=O) groups excluding carboxylic acids is 1. The number of aryl methyl sites for hydroxylation is 2. The summed E-state index contributed by atoms with van der Waals surface area (Å²) in [5.74, 6) is 0.758. The number of anilines is 1. The molecular formula is C26H23BrN2O2. The van der Waals surface area contributed by atoms with Crippen molar-refractivity contribution in [3.05, 3.63) is 99.0 Å². The standard InChI is InChI=1S/C26H23BrN2O2/c1-17-13-21(14-18(2)25(17)31-16-20-9-11-22(27)12-10-20)15-24-19(3)28-29(26(24)30)23-7-5-4-6-8-23/h4-15H,16H2,1-3H3/b24-15+. The average Bonchev–Trinajstić information content (AvgIpc) is 3.03. The normalized spacial score (nSPS) is 14.8. The van der Waals surface area contributed by atoms with Gasteiger partial charge in [-0.2, -0.15) is 10.1 Å². The average molecular weight is 475 g/mol. The van der Waals surface area contributed by atoms with Crippen molar-refractivity contribution in [2.75, 3.05) is 5.01 Å². The first-order valence-corrected chi connectivity index (χ1v) is 10.9. The van der Waals surface area contributed by atoms with Crippen LogP contribution in [0.2, 0.25) is 0 Å². The number of para-hydroxylation sites is 1. The van der Waals surface area contributed by atoms with Crippen LogP contribution in [-0.2, 0) is 11.4 Å². The molecule has 0 saturated heterocycles. The molecule has 0 bridgehead atoms. The molecule has 3 aromatic carbocycles. The van der Waals surface area contributed by atoms with Crippen LogP contribution in [0.1, 0.15) is 29.2 Å². The van der Waals surface area contributed by atoms with Gasteiger partial charge in [0.05, 0.1) is 17.0 Å². The van der Waals surface area contributed by atoms with E-state index < -0.39 is 0 Å². The largest absolute Gasteiger partial charge is 0.488 e. The first kappa shape index (κ1) is 21.1. The van der Waals surface area contributed by atoms with Crippen molar-refractivity contribution in [3.63, 3.8) is 0 Å². The quantitative estimate of drug-likeness (QED) is 0.398. The van der Waals surface area contributed by atoms with Crippen molar-refractivity contribution >= 4 is 39.3 Å². The number of hydrogen-bond acceptors (Lipinski definition) is 3. The second-order valence-electron chi connectivity index (χ2n) is 7.59. The van der Waals surface area contributed by atoms with Crippen LogP contribution in [0.5, 0.6) is 5.75 Å². The smallest absolute Gasteiger partial charge is 0.280 e. The van der Waals surface area contributed by atoms with Crippen molar-refractivity contribution in [1.82, 2.24) is 0 Å². The minimum Gasteiger partial charge on any atom is -0.488 e. The van der Waals surface area contributed by atoms with Crippen LogP contribution in [0, 0.1) is 13.8 Å². The van der Waals surface area contributed by atoms with Crippen molar-refractivity contribution < 1.29 is 9.53 Å². The molecular weight excluding hydrogens is 452 g/mol. The maximum absolute atomic E-state index is 13.0. The molecule has 0 unspecified atom stereocenters. The van der Waals surface area contributed by atoms with Crippen LogP contribution in [0.25, 0.3) is 6.08 Å². The summed E-state index contributed by atoms with van der Waals surface area (Å²) in [7, 11) is 0. The molecule has 4 rings (SSSR count). The van der Waals surface area contributed by atoms with Gasteiger partial charge >= 0.3 is 0 Å². The molecule has 0 aromatic heterocycles. The van der Waals surface area contributed by atoms with Gasteiger partial charge in [-0.25, -0.2) is 0 Å². The van der Waals surface area contributed by atoms with Gasteiger partial charge in [0.15, 0.2) is 0 Å². The second kappa shape index (κ2) is 8.90. The number of benzene rings is 3. The molecule has 0 saturated carbocycles. The Hall–Kier alpha value is -3.18. The lowest BCUT2D eigenvalue weighted by atomic mass is 10.0. The van der Waals surface area contributed by atoms with Gasteiger partial charge in [-0.05, 0) is 85.5 Å². The third kappa shape index (κ3) is 4.62. The lowest BCUT2D eigenvalue weighted by Crippen LogP contribution is -2.21. The third-order valence-electron chi connectivity index (χ3n) is 5.15. The highest BCUT2D eigenvalue weighted by atomic mass is 79.9. The van der Waals surface area contributed by atoms with Crippen LogP contribution in [-0.4, -0.2) is 11.6 Å². The fourth-order valence-corrected chi connectivity index (χ4v) is 3.89. The Labute approximate surface area is 191 Å². The zero-order chi connectivity index (χ0) is 22.0. The third-order valence-corrected chi connectivity index (χ3v) is 5.68. The van der Waals surface area contributed by atoms with Gasteiger partial charge in [0.1, 0.15) is 12.4 Å². The molecule has 31 heavy (non-hydrogen) atoms. The zero-order valence-corrected chi connectivity index (χ0v) is 19.3. The topological polar surface area (TPSA) is 41.9 Å². The predicted molar refractivity (Wildman–Crippen MR) is 129 cm³/mol. The fourth-order valence-electron chi connectivity index (χ4n) is 3.63. The van der Waals surface area contributed by atoms with E-state index in [0.717, 1.165) is 38.2 Å². The summed E-state index contributed by atoms with van der Waals surface area (Å²) >= 11 is 3.45. The lowest BCUT2D eigenvalue weighted by Gasteiger charge is -2.14. The Balaban J connectivity index is 1.55. The van der Waals surface area contributed by atoms with Gasteiger partial charge in [-0.3, -0.25) is 4.79 Å². The summed E-state index contributed by atoms with van der Waals surface area (Å²) in [6.45, 7) is 6.42. The van der Waals surface area contributed by atoms with E-state index in [9.17, 15) is 4.79 Å². The van der Waals surface area contributed by atoms with Gasteiger partial charge < -0.3 is 4.74 Å². The van der Waals surface area contributed by atoms with Crippen molar-refractivity contribution in [2.24, 2.45) is 5.10 Å². The molecule has 156 valence electrons. The number of hydrogen-bond donors (Lipinski definition) is 0. The van der Waals surface area contributed by atoms with Gasteiger partial charge in [0.25, 0.3) is 5.91 Å².